The molecule has 6 heteroatoms. The molecule has 0 aromatic heterocycles. The average molecular weight is 438 g/mol. The second-order valence-corrected chi connectivity index (χ2v) is 9.34. The Bertz CT molecular complexity index is 960. The van der Waals surface area contributed by atoms with Crippen molar-refractivity contribution in [2.24, 2.45) is 11.8 Å². The first-order valence-corrected chi connectivity index (χ1v) is 11.7. The SMILES string of the molecule is CC1CCN(C(=O)c2cc(NC(=O)c3ccc(F)cc3)ccc2N2CCC(C)CC2)CC1. The molecular formula is C26H32FN3O2. The first-order valence-electron chi connectivity index (χ1n) is 11.7. The van der Waals surface area contributed by atoms with E-state index in [1.54, 1.807) is 6.07 Å². The first-order chi connectivity index (χ1) is 15.4. The van der Waals surface area contributed by atoms with Gasteiger partial charge < -0.3 is 15.1 Å². The maximum absolute atomic E-state index is 13.5. The highest BCUT2D eigenvalue weighted by atomic mass is 19.1. The minimum Gasteiger partial charge on any atom is -0.371 e. The minimum absolute atomic E-state index is 0.0309. The van der Waals surface area contributed by atoms with Crippen LogP contribution in [0.4, 0.5) is 15.8 Å². The van der Waals surface area contributed by atoms with E-state index in [4.69, 9.17) is 0 Å². The standard InChI is InChI=1S/C26H32FN3O2/c1-18-9-13-29(14-10-18)24-8-7-22(28-25(31)20-3-5-21(27)6-4-20)17-23(24)26(32)30-15-11-19(2)12-16-30/h3-8,17-19H,9-16H2,1-2H3,(H,28,31). The quantitative estimate of drug-likeness (QED) is 0.717. The molecule has 2 aromatic rings. The third kappa shape index (κ3) is 5.12. The Morgan fingerprint density at radius 1 is 0.875 bits per heavy atom. The number of likely N-dealkylation sites (tertiary alicyclic amines) is 1. The molecule has 32 heavy (non-hydrogen) atoms. The Labute approximate surface area is 189 Å². The highest BCUT2D eigenvalue weighted by Gasteiger charge is 2.27. The lowest BCUT2D eigenvalue weighted by Gasteiger charge is -2.35. The van der Waals surface area contributed by atoms with Gasteiger partial charge in [-0.05, 0) is 80.0 Å². The Balaban J connectivity index is 1.60. The lowest BCUT2D eigenvalue weighted by atomic mass is 9.96. The zero-order chi connectivity index (χ0) is 22.7. The number of rotatable bonds is 4. The summed E-state index contributed by atoms with van der Waals surface area (Å²) >= 11 is 0. The van der Waals surface area contributed by atoms with Crippen LogP contribution in [-0.4, -0.2) is 42.9 Å². The number of nitrogens with one attached hydrogen (secondary N) is 1. The summed E-state index contributed by atoms with van der Waals surface area (Å²) in [6.07, 6.45) is 4.25. The first kappa shape index (κ1) is 22.3. The van der Waals surface area contributed by atoms with E-state index in [0.29, 0.717) is 28.7 Å². The van der Waals surface area contributed by atoms with Gasteiger partial charge >= 0.3 is 0 Å². The van der Waals surface area contributed by atoms with Gasteiger partial charge in [0.15, 0.2) is 0 Å². The Kier molecular flexibility index (Phi) is 6.77. The smallest absolute Gasteiger partial charge is 0.256 e. The topological polar surface area (TPSA) is 52.7 Å². The second kappa shape index (κ2) is 9.72. The number of halogens is 1. The number of carbonyl (C=O) groups excluding carboxylic acids is 2. The van der Waals surface area contributed by atoms with E-state index in [-0.39, 0.29) is 17.6 Å². The van der Waals surface area contributed by atoms with Crippen molar-refractivity contribution < 1.29 is 14.0 Å². The molecule has 170 valence electrons. The third-order valence-corrected chi connectivity index (χ3v) is 6.79. The predicted octanol–water partition coefficient (Wildman–Crippen LogP) is 5.19. The van der Waals surface area contributed by atoms with Gasteiger partial charge in [-0.15, -0.1) is 0 Å². The molecule has 2 aliphatic heterocycles. The van der Waals surface area contributed by atoms with Crippen LogP contribution in [0.1, 0.15) is 60.2 Å². The molecule has 2 heterocycles. The van der Waals surface area contributed by atoms with Gasteiger partial charge in [0, 0.05) is 43.1 Å². The van der Waals surface area contributed by atoms with Crippen molar-refractivity contribution in [3.63, 3.8) is 0 Å². The summed E-state index contributed by atoms with van der Waals surface area (Å²) < 4.78 is 13.2. The number of nitrogens with zero attached hydrogens (tertiary/aromatic N) is 2. The van der Waals surface area contributed by atoms with Crippen molar-refractivity contribution in [3.05, 3.63) is 59.4 Å². The average Bonchev–Trinajstić information content (AvgIpc) is 2.80. The molecule has 0 aliphatic carbocycles. The van der Waals surface area contributed by atoms with Gasteiger partial charge in [0.1, 0.15) is 5.82 Å². The van der Waals surface area contributed by atoms with Gasteiger partial charge in [0.25, 0.3) is 11.8 Å². The van der Waals surface area contributed by atoms with E-state index >= 15 is 0 Å². The largest absolute Gasteiger partial charge is 0.371 e. The number of hydrogen-bond donors (Lipinski definition) is 1. The van der Waals surface area contributed by atoms with Crippen molar-refractivity contribution in [2.75, 3.05) is 36.4 Å². The fourth-order valence-electron chi connectivity index (χ4n) is 4.50. The van der Waals surface area contributed by atoms with Crippen LogP contribution < -0.4 is 10.2 Å². The molecule has 4 rings (SSSR count). The van der Waals surface area contributed by atoms with Crippen molar-refractivity contribution in [3.8, 4) is 0 Å². The predicted molar refractivity (Wildman–Crippen MR) is 126 cm³/mol. The van der Waals surface area contributed by atoms with Gasteiger partial charge in [-0.1, -0.05) is 13.8 Å². The molecule has 1 N–H and O–H groups in total. The number of amides is 2. The Morgan fingerprint density at radius 3 is 2.09 bits per heavy atom. The Hall–Kier alpha value is -2.89. The lowest BCUT2D eigenvalue weighted by Crippen LogP contribution is -2.40. The van der Waals surface area contributed by atoms with Crippen molar-refractivity contribution in [1.82, 2.24) is 4.90 Å². The van der Waals surface area contributed by atoms with E-state index in [0.717, 1.165) is 57.5 Å². The van der Waals surface area contributed by atoms with Crippen molar-refractivity contribution >= 4 is 23.2 Å². The minimum atomic E-state index is -0.384. The van der Waals surface area contributed by atoms with Gasteiger partial charge in [0.2, 0.25) is 0 Å². The summed E-state index contributed by atoms with van der Waals surface area (Å²) in [5.41, 5.74) is 2.53. The molecule has 2 amide bonds. The van der Waals surface area contributed by atoms with Crippen molar-refractivity contribution in [2.45, 2.75) is 39.5 Å². The van der Waals surface area contributed by atoms with Crippen LogP contribution in [0.2, 0.25) is 0 Å². The van der Waals surface area contributed by atoms with Crippen LogP contribution in [0.25, 0.3) is 0 Å². The summed E-state index contributed by atoms with van der Waals surface area (Å²) in [6.45, 7) is 7.89. The van der Waals surface area contributed by atoms with Gasteiger partial charge in [0.05, 0.1) is 5.56 Å². The maximum atomic E-state index is 13.5. The van der Waals surface area contributed by atoms with E-state index in [9.17, 15) is 14.0 Å². The van der Waals surface area contributed by atoms with Gasteiger partial charge in [-0.3, -0.25) is 9.59 Å². The van der Waals surface area contributed by atoms with E-state index < -0.39 is 0 Å². The van der Waals surface area contributed by atoms with Crippen LogP contribution in [0.5, 0.6) is 0 Å². The number of carbonyl (C=O) groups is 2. The van der Waals surface area contributed by atoms with Crippen LogP contribution in [0, 0.1) is 17.7 Å². The molecule has 0 saturated carbocycles. The molecule has 0 atom stereocenters. The summed E-state index contributed by atoms with van der Waals surface area (Å²) in [5.74, 6) is 0.662. The summed E-state index contributed by atoms with van der Waals surface area (Å²) in [5, 5.41) is 2.87. The number of benzene rings is 2. The number of hydrogen-bond acceptors (Lipinski definition) is 3. The zero-order valence-corrected chi connectivity index (χ0v) is 18.9. The molecule has 2 saturated heterocycles. The molecule has 0 bridgehead atoms. The molecule has 0 unspecified atom stereocenters. The van der Waals surface area contributed by atoms with Gasteiger partial charge in [-0.25, -0.2) is 4.39 Å². The molecule has 2 aromatic carbocycles. The highest BCUT2D eigenvalue weighted by molar-refractivity contribution is 6.06. The maximum Gasteiger partial charge on any atom is 0.256 e. The van der Waals surface area contributed by atoms with E-state index in [1.807, 2.05) is 17.0 Å². The van der Waals surface area contributed by atoms with Crippen LogP contribution in [0.15, 0.2) is 42.5 Å². The highest BCUT2D eigenvalue weighted by Crippen LogP contribution is 2.31. The summed E-state index contributed by atoms with van der Waals surface area (Å²) in [4.78, 5) is 30.4. The van der Waals surface area contributed by atoms with E-state index in [1.165, 1.54) is 24.3 Å². The van der Waals surface area contributed by atoms with Crippen LogP contribution in [0.3, 0.4) is 0 Å². The molecular weight excluding hydrogens is 405 g/mol. The van der Waals surface area contributed by atoms with E-state index in [2.05, 4.69) is 24.1 Å². The molecule has 2 aliphatic rings. The van der Waals surface area contributed by atoms with Crippen LogP contribution in [-0.2, 0) is 0 Å². The molecule has 0 radical (unpaired) electrons. The number of anilines is 2. The fourth-order valence-corrected chi connectivity index (χ4v) is 4.50. The fraction of sp³-hybridized carbons (Fsp3) is 0.462. The van der Waals surface area contributed by atoms with Crippen molar-refractivity contribution in [1.29, 1.82) is 0 Å². The normalized spacial score (nSPS) is 18.0. The zero-order valence-electron chi connectivity index (χ0n) is 18.9. The molecule has 0 spiro atoms. The summed E-state index contributed by atoms with van der Waals surface area (Å²) in [7, 11) is 0. The molecule has 5 nitrogen and oxygen atoms in total. The monoisotopic (exact) mass is 437 g/mol. The Morgan fingerprint density at radius 2 is 1.47 bits per heavy atom. The number of piperidine rings is 2. The lowest BCUT2D eigenvalue weighted by molar-refractivity contribution is 0.0697. The third-order valence-electron chi connectivity index (χ3n) is 6.79. The molecule has 2 fully saturated rings. The van der Waals surface area contributed by atoms with Gasteiger partial charge in [-0.2, -0.15) is 0 Å². The second-order valence-electron chi connectivity index (χ2n) is 9.34. The van der Waals surface area contributed by atoms with Crippen LogP contribution >= 0.6 is 0 Å². The summed E-state index contributed by atoms with van der Waals surface area (Å²) in [6, 6.07) is 11.0.